The average Bonchev–Trinajstić information content (AvgIpc) is 3.04. The number of aromatic nitrogens is 2. The van der Waals surface area contributed by atoms with E-state index in [1.54, 1.807) is 39.0 Å². The summed E-state index contributed by atoms with van der Waals surface area (Å²) in [5.74, 6) is 0.00394. The van der Waals surface area contributed by atoms with Gasteiger partial charge in [-0.25, -0.2) is 17.5 Å². The molecule has 2 aromatic rings. The van der Waals surface area contributed by atoms with E-state index in [1.807, 2.05) is 6.07 Å². The van der Waals surface area contributed by atoms with Crippen LogP contribution in [0.25, 0.3) is 11.3 Å². The van der Waals surface area contributed by atoms with Crippen LogP contribution in [0.1, 0.15) is 58.1 Å². The van der Waals surface area contributed by atoms with Crippen LogP contribution < -0.4 is 4.72 Å². The number of halogens is 1. The minimum atomic E-state index is -3.33. The minimum Gasteiger partial charge on any atom is -0.282 e. The summed E-state index contributed by atoms with van der Waals surface area (Å²) in [6.45, 7) is 5.11. The van der Waals surface area contributed by atoms with E-state index in [4.69, 9.17) is 0 Å². The highest BCUT2D eigenvalue weighted by Gasteiger charge is 2.33. The van der Waals surface area contributed by atoms with Crippen molar-refractivity contribution in [2.75, 3.05) is 0 Å². The Bertz CT molecular complexity index is 863. The van der Waals surface area contributed by atoms with Crippen LogP contribution in [0.2, 0.25) is 0 Å². The molecule has 3 rings (SSSR count). The summed E-state index contributed by atoms with van der Waals surface area (Å²) in [6.07, 6.45) is 3.31. The van der Waals surface area contributed by atoms with Gasteiger partial charge in [-0.3, -0.25) is 5.10 Å². The zero-order chi connectivity index (χ0) is 18.9. The average molecular weight is 380 g/mol. The normalized spacial score (nSPS) is 21.7. The molecule has 26 heavy (non-hydrogen) atoms. The van der Waals surface area contributed by atoms with Crippen molar-refractivity contribution >= 4 is 10.0 Å². The molecule has 0 spiro atoms. The number of nitrogens with one attached hydrogen (secondary N) is 2. The van der Waals surface area contributed by atoms with Crippen molar-refractivity contribution in [2.45, 2.75) is 63.2 Å². The Balaban J connectivity index is 1.64. The molecule has 1 aromatic carbocycles. The largest absolute Gasteiger partial charge is 0.282 e. The van der Waals surface area contributed by atoms with Crippen molar-refractivity contribution in [2.24, 2.45) is 0 Å². The van der Waals surface area contributed by atoms with Crippen molar-refractivity contribution in [1.29, 1.82) is 0 Å². The zero-order valence-corrected chi connectivity index (χ0v) is 16.2. The molecule has 142 valence electrons. The summed E-state index contributed by atoms with van der Waals surface area (Å²) < 4.78 is 40.6. The van der Waals surface area contributed by atoms with Crippen LogP contribution in [0.4, 0.5) is 4.39 Å². The number of nitrogens with zero attached hydrogens (tertiary/aromatic N) is 1. The molecule has 2 N–H and O–H groups in total. The van der Waals surface area contributed by atoms with Crippen LogP contribution in [-0.2, 0) is 10.0 Å². The molecule has 0 saturated heterocycles. The molecule has 5 nitrogen and oxygen atoms in total. The van der Waals surface area contributed by atoms with Crippen molar-refractivity contribution in [3.63, 3.8) is 0 Å². The van der Waals surface area contributed by atoms with E-state index in [0.717, 1.165) is 31.4 Å². The van der Waals surface area contributed by atoms with Gasteiger partial charge in [0.15, 0.2) is 0 Å². The number of benzene rings is 1. The Hall–Kier alpha value is -1.73. The lowest BCUT2D eigenvalue weighted by atomic mass is 9.84. The molecule has 1 aliphatic carbocycles. The fourth-order valence-corrected chi connectivity index (χ4v) is 4.30. The summed E-state index contributed by atoms with van der Waals surface area (Å²) >= 11 is 0. The fraction of sp³-hybridized carbons (Fsp3) is 0.526. The molecule has 0 aliphatic heterocycles. The van der Waals surface area contributed by atoms with E-state index >= 15 is 0 Å². The molecule has 0 radical (unpaired) electrons. The second-order valence-corrected chi connectivity index (χ2v) is 10.4. The quantitative estimate of drug-likeness (QED) is 0.844. The van der Waals surface area contributed by atoms with Gasteiger partial charge in [0.2, 0.25) is 10.0 Å². The van der Waals surface area contributed by atoms with Crippen LogP contribution in [0.3, 0.4) is 0 Å². The lowest BCUT2D eigenvalue weighted by Gasteiger charge is -2.30. The number of H-pyrrole nitrogens is 1. The van der Waals surface area contributed by atoms with Gasteiger partial charge in [0, 0.05) is 23.2 Å². The molecule has 0 bridgehead atoms. The maximum Gasteiger partial charge on any atom is 0.216 e. The Morgan fingerprint density at radius 3 is 2.42 bits per heavy atom. The van der Waals surface area contributed by atoms with Gasteiger partial charge >= 0.3 is 0 Å². The summed E-state index contributed by atoms with van der Waals surface area (Å²) in [6, 6.07) is 8.47. The first kappa shape index (κ1) is 19.0. The third-order valence-electron chi connectivity index (χ3n) is 5.04. The Kier molecular flexibility index (Phi) is 5.21. The highest BCUT2D eigenvalue weighted by atomic mass is 32.2. The topological polar surface area (TPSA) is 74.8 Å². The van der Waals surface area contributed by atoms with Crippen molar-refractivity contribution in [1.82, 2.24) is 14.9 Å². The molecule has 1 aliphatic rings. The molecular weight excluding hydrogens is 353 g/mol. The van der Waals surface area contributed by atoms with E-state index in [1.165, 1.54) is 6.07 Å². The van der Waals surface area contributed by atoms with Gasteiger partial charge in [-0.1, -0.05) is 12.1 Å². The van der Waals surface area contributed by atoms with E-state index in [2.05, 4.69) is 14.9 Å². The monoisotopic (exact) mass is 379 g/mol. The van der Waals surface area contributed by atoms with Gasteiger partial charge < -0.3 is 0 Å². The fourth-order valence-electron chi connectivity index (χ4n) is 3.27. The Morgan fingerprint density at radius 1 is 1.15 bits per heavy atom. The van der Waals surface area contributed by atoms with Crippen molar-refractivity contribution in [3.8, 4) is 11.3 Å². The molecule has 0 unspecified atom stereocenters. The van der Waals surface area contributed by atoms with E-state index in [9.17, 15) is 12.8 Å². The van der Waals surface area contributed by atoms with Crippen molar-refractivity contribution < 1.29 is 12.8 Å². The molecule has 1 aromatic heterocycles. The molecular formula is C19H26FN3O2S. The van der Waals surface area contributed by atoms with Gasteiger partial charge in [0.1, 0.15) is 5.82 Å². The first-order chi connectivity index (χ1) is 12.2. The lowest BCUT2D eigenvalue weighted by Crippen LogP contribution is -2.45. The number of rotatable bonds is 4. The summed E-state index contributed by atoms with van der Waals surface area (Å²) in [5, 5.41) is 7.29. The number of hydrogen-bond acceptors (Lipinski definition) is 3. The maximum atomic E-state index is 13.9. The number of hydrogen-bond donors (Lipinski definition) is 2. The Morgan fingerprint density at radius 2 is 1.81 bits per heavy atom. The molecule has 1 saturated carbocycles. The van der Waals surface area contributed by atoms with Gasteiger partial charge in [-0.2, -0.15) is 5.10 Å². The predicted molar refractivity (Wildman–Crippen MR) is 101 cm³/mol. The first-order valence-corrected chi connectivity index (χ1v) is 10.5. The smallest absolute Gasteiger partial charge is 0.216 e. The number of sulfonamides is 1. The van der Waals surface area contributed by atoms with Crippen LogP contribution in [0.15, 0.2) is 30.3 Å². The highest BCUT2D eigenvalue weighted by Crippen LogP contribution is 2.34. The molecule has 0 atom stereocenters. The van der Waals surface area contributed by atoms with Gasteiger partial charge in [-0.05, 0) is 64.7 Å². The molecule has 0 amide bonds. The van der Waals surface area contributed by atoms with Gasteiger partial charge in [0.05, 0.1) is 10.4 Å². The summed E-state index contributed by atoms with van der Waals surface area (Å²) in [4.78, 5) is 0. The van der Waals surface area contributed by atoms with E-state index in [0.29, 0.717) is 17.2 Å². The lowest BCUT2D eigenvalue weighted by molar-refractivity contribution is 0.367. The van der Waals surface area contributed by atoms with Crippen LogP contribution in [0.5, 0.6) is 0 Å². The zero-order valence-electron chi connectivity index (χ0n) is 15.4. The van der Waals surface area contributed by atoms with E-state index in [-0.39, 0.29) is 11.9 Å². The Labute approximate surface area is 154 Å². The second-order valence-electron chi connectivity index (χ2n) is 7.97. The summed E-state index contributed by atoms with van der Waals surface area (Å²) in [5.41, 5.74) is 2.08. The summed E-state index contributed by atoms with van der Waals surface area (Å²) in [7, 11) is -3.33. The molecule has 1 heterocycles. The third-order valence-corrected chi connectivity index (χ3v) is 7.30. The second kappa shape index (κ2) is 7.12. The van der Waals surface area contributed by atoms with Gasteiger partial charge in [0.25, 0.3) is 0 Å². The van der Waals surface area contributed by atoms with E-state index < -0.39 is 14.8 Å². The highest BCUT2D eigenvalue weighted by molar-refractivity contribution is 7.90. The van der Waals surface area contributed by atoms with Crippen molar-refractivity contribution in [3.05, 3.63) is 41.8 Å². The van der Waals surface area contributed by atoms with Crippen LogP contribution in [-0.4, -0.2) is 29.4 Å². The van der Waals surface area contributed by atoms with Gasteiger partial charge in [-0.15, -0.1) is 0 Å². The van der Waals surface area contributed by atoms with Crippen LogP contribution in [0, 0.1) is 5.82 Å². The standard InChI is InChI=1S/C19H26FN3O2S/c1-19(2,3)26(24,25)23-14-10-8-13(9-11-14)17-12-18(22-21-17)15-6-4-5-7-16(15)20/h4-7,12-14,23H,8-11H2,1-3H3,(H,21,22)/t13-,14-. The number of aromatic amines is 1. The SMILES string of the molecule is CC(C)(C)S(=O)(=O)N[C@H]1CC[C@H](c2cc(-c3ccccc3F)n[nH]2)CC1. The molecule has 7 heteroatoms. The predicted octanol–water partition coefficient (Wildman–Crippen LogP) is 3.96. The molecule has 1 fully saturated rings. The maximum absolute atomic E-state index is 13.9. The minimum absolute atomic E-state index is 0.0237. The third kappa shape index (κ3) is 3.99. The first-order valence-electron chi connectivity index (χ1n) is 8.99. The van der Waals surface area contributed by atoms with Crippen LogP contribution >= 0.6 is 0 Å².